The van der Waals surface area contributed by atoms with Gasteiger partial charge < -0.3 is 10.1 Å². The molecule has 1 aliphatic heterocycles. The van der Waals surface area contributed by atoms with Crippen LogP contribution in [-0.2, 0) is 14.3 Å². The second kappa shape index (κ2) is 6.91. The number of piperidine rings is 1. The molecule has 1 aromatic rings. The molecule has 1 N–H and O–H groups in total. The molecule has 0 radical (unpaired) electrons. The van der Waals surface area contributed by atoms with Crippen molar-refractivity contribution in [1.82, 2.24) is 5.32 Å². The first-order valence-electron chi connectivity index (χ1n) is 8.16. The monoisotopic (exact) mass is 335 g/mol. The number of amides is 1. The summed E-state index contributed by atoms with van der Waals surface area (Å²) >= 11 is 6.40. The third-order valence-electron chi connectivity index (χ3n) is 5.19. The number of alkyl halides is 1. The average molecular weight is 336 g/mol. The van der Waals surface area contributed by atoms with Gasteiger partial charge in [0.05, 0.1) is 19.4 Å². The van der Waals surface area contributed by atoms with Crippen LogP contribution in [0.2, 0.25) is 0 Å². The fraction of sp³-hybridized carbons (Fsp3) is 0.556. The highest BCUT2D eigenvalue weighted by molar-refractivity contribution is 6.20. The van der Waals surface area contributed by atoms with Crippen molar-refractivity contribution in [3.8, 4) is 0 Å². The molecule has 124 valence electrons. The molecular weight excluding hydrogens is 314 g/mol. The summed E-state index contributed by atoms with van der Waals surface area (Å²) in [7, 11) is 1.36. The highest BCUT2D eigenvalue weighted by Gasteiger charge is 2.47. The van der Waals surface area contributed by atoms with Crippen LogP contribution in [0.3, 0.4) is 0 Å². The Morgan fingerprint density at radius 3 is 2.74 bits per heavy atom. The van der Waals surface area contributed by atoms with Crippen LogP contribution >= 0.6 is 11.6 Å². The van der Waals surface area contributed by atoms with Crippen molar-refractivity contribution >= 4 is 23.5 Å². The summed E-state index contributed by atoms with van der Waals surface area (Å²) in [6.07, 6.45) is 2.80. The van der Waals surface area contributed by atoms with E-state index in [0.29, 0.717) is 0 Å². The molecule has 0 bridgehead atoms. The van der Waals surface area contributed by atoms with Crippen LogP contribution in [0.25, 0.3) is 0 Å². The number of ether oxygens (including phenoxy) is 1. The molecule has 23 heavy (non-hydrogen) atoms. The number of methoxy groups -OCH3 is 1. The van der Waals surface area contributed by atoms with E-state index in [1.165, 1.54) is 7.11 Å². The molecule has 1 heterocycles. The zero-order valence-electron chi connectivity index (χ0n) is 13.2. The maximum Gasteiger partial charge on any atom is 0.306 e. The highest BCUT2D eigenvalue weighted by atomic mass is 35.5. The Hall–Kier alpha value is -1.55. The summed E-state index contributed by atoms with van der Waals surface area (Å²) in [6, 6.07) is 10.2. The Morgan fingerprint density at radius 1 is 1.30 bits per heavy atom. The van der Waals surface area contributed by atoms with Gasteiger partial charge in [0.1, 0.15) is 0 Å². The van der Waals surface area contributed by atoms with Gasteiger partial charge in [0.2, 0.25) is 5.91 Å². The van der Waals surface area contributed by atoms with Crippen LogP contribution in [0.4, 0.5) is 0 Å². The van der Waals surface area contributed by atoms with Crippen molar-refractivity contribution in [3.05, 3.63) is 35.9 Å². The SMILES string of the molecule is COC(=O)CC1C(=O)NC2CCC(Cl)CC2C1c1ccccc1. The van der Waals surface area contributed by atoms with Crippen LogP contribution in [0, 0.1) is 11.8 Å². The predicted molar refractivity (Wildman–Crippen MR) is 88.2 cm³/mol. The molecule has 4 nitrogen and oxygen atoms in total. The van der Waals surface area contributed by atoms with Gasteiger partial charge in [-0.05, 0) is 30.7 Å². The molecule has 5 unspecified atom stereocenters. The lowest BCUT2D eigenvalue weighted by molar-refractivity contribution is -0.146. The number of rotatable bonds is 3. The van der Waals surface area contributed by atoms with Gasteiger partial charge in [-0.2, -0.15) is 0 Å². The molecule has 1 aromatic carbocycles. The number of esters is 1. The molecule has 5 heteroatoms. The second-order valence-corrected chi connectivity index (χ2v) is 7.13. The molecule has 1 amide bonds. The van der Waals surface area contributed by atoms with E-state index >= 15 is 0 Å². The van der Waals surface area contributed by atoms with Gasteiger partial charge >= 0.3 is 5.97 Å². The summed E-state index contributed by atoms with van der Waals surface area (Å²) < 4.78 is 4.80. The Kier molecular flexibility index (Phi) is 4.90. The van der Waals surface area contributed by atoms with Crippen LogP contribution < -0.4 is 5.32 Å². The number of fused-ring (bicyclic) bond motifs is 1. The highest BCUT2D eigenvalue weighted by Crippen LogP contribution is 2.46. The van der Waals surface area contributed by atoms with Crippen LogP contribution in [0.15, 0.2) is 30.3 Å². The van der Waals surface area contributed by atoms with E-state index in [1.807, 2.05) is 30.3 Å². The van der Waals surface area contributed by atoms with Crippen molar-refractivity contribution in [2.75, 3.05) is 7.11 Å². The zero-order chi connectivity index (χ0) is 16.4. The van der Waals surface area contributed by atoms with Crippen molar-refractivity contribution in [1.29, 1.82) is 0 Å². The van der Waals surface area contributed by atoms with E-state index in [4.69, 9.17) is 16.3 Å². The first-order valence-corrected chi connectivity index (χ1v) is 8.60. The topological polar surface area (TPSA) is 55.4 Å². The molecule has 0 aromatic heterocycles. The molecule has 2 fully saturated rings. The van der Waals surface area contributed by atoms with Crippen LogP contribution in [0.1, 0.15) is 37.2 Å². The van der Waals surface area contributed by atoms with E-state index in [2.05, 4.69) is 5.32 Å². The van der Waals surface area contributed by atoms with E-state index < -0.39 is 5.92 Å². The van der Waals surface area contributed by atoms with Gasteiger partial charge in [0, 0.05) is 17.3 Å². The predicted octanol–water partition coefficient (Wildman–Crippen LogP) is 2.86. The number of benzene rings is 1. The number of hydrogen-bond donors (Lipinski definition) is 1. The smallest absolute Gasteiger partial charge is 0.306 e. The van der Waals surface area contributed by atoms with E-state index in [-0.39, 0.29) is 41.6 Å². The largest absolute Gasteiger partial charge is 0.469 e. The van der Waals surface area contributed by atoms with Crippen molar-refractivity contribution in [3.63, 3.8) is 0 Å². The van der Waals surface area contributed by atoms with Gasteiger partial charge in [0.25, 0.3) is 0 Å². The first kappa shape index (κ1) is 16.3. The van der Waals surface area contributed by atoms with Gasteiger partial charge in [-0.3, -0.25) is 9.59 Å². The summed E-state index contributed by atoms with van der Waals surface area (Å²) in [6.45, 7) is 0. The number of halogens is 1. The van der Waals surface area contributed by atoms with Crippen molar-refractivity contribution < 1.29 is 14.3 Å². The summed E-state index contributed by atoms with van der Waals surface area (Å²) in [4.78, 5) is 24.4. The number of hydrogen-bond acceptors (Lipinski definition) is 3. The standard InChI is InChI=1S/C18H22ClNO3/c1-23-16(21)10-14-17(11-5-3-2-4-6-11)13-9-12(19)7-8-15(13)20-18(14)22/h2-6,12-15,17H,7-10H2,1H3,(H,20,22). The summed E-state index contributed by atoms with van der Waals surface area (Å²) in [5.41, 5.74) is 1.11. The van der Waals surface area contributed by atoms with Crippen molar-refractivity contribution in [2.24, 2.45) is 11.8 Å². The minimum absolute atomic E-state index is 0.00981. The van der Waals surface area contributed by atoms with E-state index in [0.717, 1.165) is 24.8 Å². The lowest BCUT2D eigenvalue weighted by Crippen LogP contribution is -2.56. The molecule has 1 aliphatic carbocycles. The van der Waals surface area contributed by atoms with E-state index in [9.17, 15) is 9.59 Å². The molecule has 1 saturated carbocycles. The maximum atomic E-state index is 12.6. The quantitative estimate of drug-likeness (QED) is 0.682. The number of nitrogens with one attached hydrogen (secondary N) is 1. The molecule has 1 saturated heterocycles. The van der Waals surface area contributed by atoms with Gasteiger partial charge in [-0.15, -0.1) is 11.6 Å². The van der Waals surface area contributed by atoms with Gasteiger partial charge in [0.15, 0.2) is 0 Å². The number of carbonyl (C=O) groups excluding carboxylic acids is 2. The number of carbonyl (C=O) groups is 2. The Labute approximate surface area is 141 Å². The molecule has 5 atom stereocenters. The minimum atomic E-state index is -0.395. The van der Waals surface area contributed by atoms with Gasteiger partial charge in [-0.25, -0.2) is 0 Å². The Balaban J connectivity index is 1.96. The zero-order valence-corrected chi connectivity index (χ0v) is 14.0. The molecule has 2 aliphatic rings. The lowest BCUT2D eigenvalue weighted by Gasteiger charge is -2.46. The van der Waals surface area contributed by atoms with Gasteiger partial charge in [-0.1, -0.05) is 30.3 Å². The van der Waals surface area contributed by atoms with Crippen LogP contribution in [-0.4, -0.2) is 30.4 Å². The second-order valence-electron chi connectivity index (χ2n) is 6.51. The summed E-state index contributed by atoms with van der Waals surface area (Å²) in [5.74, 6) is -0.508. The maximum absolute atomic E-state index is 12.6. The Morgan fingerprint density at radius 2 is 2.04 bits per heavy atom. The average Bonchev–Trinajstić information content (AvgIpc) is 2.56. The summed E-state index contributed by atoms with van der Waals surface area (Å²) in [5, 5.41) is 3.25. The first-order chi connectivity index (χ1) is 11.1. The molecule has 0 spiro atoms. The fourth-order valence-corrected chi connectivity index (χ4v) is 4.45. The van der Waals surface area contributed by atoms with Crippen LogP contribution in [0.5, 0.6) is 0 Å². The fourth-order valence-electron chi connectivity index (χ4n) is 4.12. The van der Waals surface area contributed by atoms with Crippen molar-refractivity contribution in [2.45, 2.75) is 43.0 Å². The molecule has 3 rings (SSSR count). The third-order valence-corrected chi connectivity index (χ3v) is 5.59. The normalized spacial score (nSPS) is 33.5. The van der Waals surface area contributed by atoms with E-state index in [1.54, 1.807) is 0 Å². The lowest BCUT2D eigenvalue weighted by atomic mass is 9.65. The Bertz CT molecular complexity index is 577. The minimum Gasteiger partial charge on any atom is -0.469 e. The molecular formula is C18H22ClNO3. The third kappa shape index (κ3) is 3.37.